The zero-order valence-electron chi connectivity index (χ0n) is 17.1. The van der Waals surface area contributed by atoms with Gasteiger partial charge in [0.25, 0.3) is 5.91 Å². The molecule has 1 aromatic heterocycles. The van der Waals surface area contributed by atoms with Gasteiger partial charge in [-0.15, -0.1) is 0 Å². The van der Waals surface area contributed by atoms with Crippen LogP contribution in [0.25, 0.3) is 0 Å². The second-order valence-electron chi connectivity index (χ2n) is 8.00. The first-order valence-corrected chi connectivity index (χ1v) is 10.5. The van der Waals surface area contributed by atoms with E-state index in [2.05, 4.69) is 20.4 Å². The molecule has 0 radical (unpaired) electrons. The van der Waals surface area contributed by atoms with Crippen molar-refractivity contribution in [2.45, 2.75) is 6.61 Å². The SMILES string of the molecule is O=C(Nc1ccnnc1)c1cc(N2C[C@H]3COC[C@H]3C2)ccc1OCc1ccccc1. The summed E-state index contributed by atoms with van der Waals surface area (Å²) in [6.07, 6.45) is 3.07. The first-order valence-electron chi connectivity index (χ1n) is 10.5. The summed E-state index contributed by atoms with van der Waals surface area (Å²) in [5.41, 5.74) is 3.16. The number of carbonyl (C=O) groups excluding carboxylic acids is 1. The fraction of sp³-hybridized carbons (Fsp3) is 0.292. The lowest BCUT2D eigenvalue weighted by atomic mass is 10.0. The van der Waals surface area contributed by atoms with Crippen LogP contribution in [0.5, 0.6) is 5.75 Å². The van der Waals surface area contributed by atoms with Gasteiger partial charge in [0.2, 0.25) is 0 Å². The molecule has 2 saturated heterocycles. The third-order valence-electron chi connectivity index (χ3n) is 5.89. The second kappa shape index (κ2) is 8.73. The number of anilines is 2. The van der Waals surface area contributed by atoms with Crippen LogP contribution in [0.1, 0.15) is 15.9 Å². The van der Waals surface area contributed by atoms with Crippen molar-refractivity contribution >= 4 is 17.3 Å². The molecule has 2 fully saturated rings. The van der Waals surface area contributed by atoms with Gasteiger partial charge in [-0.3, -0.25) is 4.79 Å². The maximum absolute atomic E-state index is 13.1. The maximum atomic E-state index is 13.1. The van der Waals surface area contributed by atoms with Gasteiger partial charge in [0.1, 0.15) is 12.4 Å². The molecule has 7 nitrogen and oxygen atoms in total. The number of nitrogens with zero attached hydrogens (tertiary/aromatic N) is 3. The summed E-state index contributed by atoms with van der Waals surface area (Å²) in [6, 6.07) is 17.5. The molecule has 0 spiro atoms. The maximum Gasteiger partial charge on any atom is 0.259 e. The van der Waals surface area contributed by atoms with E-state index in [-0.39, 0.29) is 5.91 Å². The van der Waals surface area contributed by atoms with Crippen molar-refractivity contribution in [2.24, 2.45) is 11.8 Å². The molecular weight excluding hydrogens is 392 g/mol. The van der Waals surface area contributed by atoms with Crippen LogP contribution in [0.2, 0.25) is 0 Å². The van der Waals surface area contributed by atoms with E-state index in [1.165, 1.54) is 6.20 Å². The fourth-order valence-electron chi connectivity index (χ4n) is 4.21. The predicted octanol–water partition coefficient (Wildman–Crippen LogP) is 3.39. The Morgan fingerprint density at radius 2 is 1.87 bits per heavy atom. The smallest absolute Gasteiger partial charge is 0.259 e. The third kappa shape index (κ3) is 4.36. The van der Waals surface area contributed by atoms with Gasteiger partial charge in [-0.05, 0) is 29.8 Å². The Labute approximate surface area is 181 Å². The van der Waals surface area contributed by atoms with Crippen LogP contribution >= 0.6 is 0 Å². The second-order valence-corrected chi connectivity index (χ2v) is 8.00. The molecule has 2 aliphatic heterocycles. The summed E-state index contributed by atoms with van der Waals surface area (Å²) in [6.45, 7) is 3.93. The molecule has 2 aromatic carbocycles. The highest BCUT2D eigenvalue weighted by Crippen LogP contribution is 2.34. The molecule has 7 heteroatoms. The molecule has 1 N–H and O–H groups in total. The predicted molar refractivity (Wildman–Crippen MR) is 117 cm³/mol. The Morgan fingerprint density at radius 3 is 2.61 bits per heavy atom. The zero-order chi connectivity index (χ0) is 21.0. The van der Waals surface area contributed by atoms with Crippen LogP contribution < -0.4 is 15.0 Å². The van der Waals surface area contributed by atoms with Crippen molar-refractivity contribution in [2.75, 3.05) is 36.5 Å². The highest BCUT2D eigenvalue weighted by atomic mass is 16.5. The molecule has 0 unspecified atom stereocenters. The first kappa shape index (κ1) is 19.5. The molecule has 158 valence electrons. The molecular formula is C24H24N4O3. The summed E-state index contributed by atoms with van der Waals surface area (Å²) in [5.74, 6) is 1.44. The van der Waals surface area contributed by atoms with E-state index >= 15 is 0 Å². The highest BCUT2D eigenvalue weighted by molar-refractivity contribution is 6.06. The van der Waals surface area contributed by atoms with Crippen molar-refractivity contribution < 1.29 is 14.3 Å². The number of amides is 1. The van der Waals surface area contributed by atoms with Crippen molar-refractivity contribution in [3.63, 3.8) is 0 Å². The van der Waals surface area contributed by atoms with E-state index in [9.17, 15) is 4.79 Å². The summed E-state index contributed by atoms with van der Waals surface area (Å²) >= 11 is 0. The van der Waals surface area contributed by atoms with Gasteiger partial charge in [-0.2, -0.15) is 10.2 Å². The van der Waals surface area contributed by atoms with E-state index in [0.717, 1.165) is 37.6 Å². The Balaban J connectivity index is 1.40. The van der Waals surface area contributed by atoms with Crippen LogP contribution in [0.15, 0.2) is 67.0 Å². The first-order chi connectivity index (χ1) is 15.3. The standard InChI is InChI=1S/C24H24N4O3/c29-24(27-20-8-9-25-26-11-20)22-10-21(28-12-18-15-30-16-19(18)13-28)6-7-23(22)31-14-17-4-2-1-3-5-17/h1-11,18-19H,12-16H2,(H,25,27,29)/t18-,19+. The fourth-order valence-corrected chi connectivity index (χ4v) is 4.21. The highest BCUT2D eigenvalue weighted by Gasteiger charge is 2.37. The van der Waals surface area contributed by atoms with Gasteiger partial charge in [-0.25, -0.2) is 0 Å². The van der Waals surface area contributed by atoms with E-state index in [0.29, 0.717) is 35.4 Å². The van der Waals surface area contributed by atoms with Gasteiger partial charge >= 0.3 is 0 Å². The van der Waals surface area contributed by atoms with Crippen LogP contribution in [-0.4, -0.2) is 42.4 Å². The Morgan fingerprint density at radius 1 is 1.06 bits per heavy atom. The van der Waals surface area contributed by atoms with Gasteiger partial charge in [0.15, 0.2) is 0 Å². The average molecular weight is 416 g/mol. The monoisotopic (exact) mass is 416 g/mol. The van der Waals surface area contributed by atoms with Crippen molar-refractivity contribution in [1.29, 1.82) is 0 Å². The summed E-state index contributed by atoms with van der Waals surface area (Å²) in [7, 11) is 0. The number of rotatable bonds is 6. The Bertz CT molecular complexity index is 1030. The number of hydrogen-bond acceptors (Lipinski definition) is 6. The number of benzene rings is 2. The van der Waals surface area contributed by atoms with E-state index in [1.54, 1.807) is 12.3 Å². The quantitative estimate of drug-likeness (QED) is 0.664. The van der Waals surface area contributed by atoms with Gasteiger partial charge in [0.05, 0.1) is 36.9 Å². The largest absolute Gasteiger partial charge is 0.488 e. The molecule has 31 heavy (non-hydrogen) atoms. The normalized spacial score (nSPS) is 19.8. The molecule has 0 bridgehead atoms. The van der Waals surface area contributed by atoms with E-state index < -0.39 is 0 Å². The van der Waals surface area contributed by atoms with E-state index in [4.69, 9.17) is 9.47 Å². The summed E-state index contributed by atoms with van der Waals surface area (Å²) < 4.78 is 11.6. The molecule has 3 aromatic rings. The molecule has 0 saturated carbocycles. The summed E-state index contributed by atoms with van der Waals surface area (Å²) in [5, 5.41) is 10.5. The number of hydrogen-bond donors (Lipinski definition) is 1. The minimum atomic E-state index is -0.236. The Hall–Kier alpha value is -3.45. The summed E-state index contributed by atoms with van der Waals surface area (Å²) in [4.78, 5) is 15.5. The third-order valence-corrected chi connectivity index (χ3v) is 5.89. The lowest BCUT2D eigenvalue weighted by Crippen LogP contribution is -2.23. The van der Waals surface area contributed by atoms with Crippen molar-refractivity contribution in [3.8, 4) is 5.75 Å². The van der Waals surface area contributed by atoms with Crippen LogP contribution in [0, 0.1) is 11.8 Å². The Kier molecular flexibility index (Phi) is 5.50. The average Bonchev–Trinajstić information content (AvgIpc) is 3.42. The number of nitrogens with one attached hydrogen (secondary N) is 1. The number of ether oxygens (including phenoxy) is 2. The molecule has 3 heterocycles. The molecule has 2 aliphatic rings. The zero-order valence-corrected chi connectivity index (χ0v) is 17.1. The molecule has 2 atom stereocenters. The topological polar surface area (TPSA) is 76.6 Å². The van der Waals surface area contributed by atoms with Gasteiger partial charge < -0.3 is 19.7 Å². The number of carbonyl (C=O) groups is 1. The van der Waals surface area contributed by atoms with Crippen LogP contribution in [0.3, 0.4) is 0 Å². The minimum Gasteiger partial charge on any atom is -0.488 e. The lowest BCUT2D eigenvalue weighted by Gasteiger charge is -2.21. The van der Waals surface area contributed by atoms with Crippen molar-refractivity contribution in [1.82, 2.24) is 10.2 Å². The molecule has 5 rings (SSSR count). The number of aromatic nitrogens is 2. The molecule has 0 aliphatic carbocycles. The van der Waals surface area contributed by atoms with E-state index in [1.807, 2.05) is 48.5 Å². The lowest BCUT2D eigenvalue weighted by molar-refractivity contribution is 0.102. The minimum absolute atomic E-state index is 0.236. The van der Waals surface area contributed by atoms with Crippen LogP contribution in [0.4, 0.5) is 11.4 Å². The van der Waals surface area contributed by atoms with Crippen LogP contribution in [-0.2, 0) is 11.3 Å². The number of fused-ring (bicyclic) bond motifs is 1. The van der Waals surface area contributed by atoms with Gasteiger partial charge in [0, 0.05) is 30.6 Å². The molecule has 1 amide bonds. The van der Waals surface area contributed by atoms with Gasteiger partial charge in [-0.1, -0.05) is 30.3 Å². The van der Waals surface area contributed by atoms with Crippen molar-refractivity contribution in [3.05, 3.63) is 78.1 Å².